The minimum absolute atomic E-state index is 0.101. The maximum Gasteiger partial charge on any atom is 0.334 e. The predicted molar refractivity (Wildman–Crippen MR) is 36.2 cm³/mol. The Morgan fingerprint density at radius 2 is 2.30 bits per heavy atom. The van der Waals surface area contributed by atoms with Crippen LogP contribution in [0, 0.1) is 0 Å². The fourth-order valence-corrected chi connectivity index (χ4v) is 0.941. The molecule has 56 valence electrons. The van der Waals surface area contributed by atoms with Crippen molar-refractivity contribution in [1.29, 1.82) is 0 Å². The van der Waals surface area contributed by atoms with Crippen molar-refractivity contribution in [3.63, 3.8) is 0 Å². The third-order valence-corrected chi connectivity index (χ3v) is 2.17. The summed E-state index contributed by atoms with van der Waals surface area (Å²) in [5, 5.41) is 3.48. The third kappa shape index (κ3) is 1.29. The van der Waals surface area contributed by atoms with Crippen molar-refractivity contribution < 1.29 is 8.78 Å². The van der Waals surface area contributed by atoms with Gasteiger partial charge in [-0.05, 0) is 15.9 Å². The van der Waals surface area contributed by atoms with Gasteiger partial charge in [-0.1, -0.05) is 11.6 Å². The van der Waals surface area contributed by atoms with Crippen molar-refractivity contribution in [3.8, 4) is 0 Å². The second-order valence-corrected chi connectivity index (χ2v) is 2.66. The summed E-state index contributed by atoms with van der Waals surface area (Å²) < 4.78 is 24.3. The van der Waals surface area contributed by atoms with Gasteiger partial charge >= 0.3 is 6.55 Å². The lowest BCUT2D eigenvalue weighted by atomic mass is 10.7. The molecule has 0 aliphatic rings. The first-order valence-corrected chi connectivity index (χ1v) is 3.46. The molecule has 0 radical (unpaired) electrons. The van der Waals surface area contributed by atoms with Crippen LogP contribution in [0.3, 0.4) is 0 Å². The molecule has 1 heterocycles. The topological polar surface area (TPSA) is 17.8 Å². The highest BCUT2D eigenvalue weighted by atomic mass is 79.9. The molecule has 10 heavy (non-hydrogen) atoms. The Morgan fingerprint density at radius 1 is 1.70 bits per heavy atom. The van der Waals surface area contributed by atoms with Gasteiger partial charge in [-0.2, -0.15) is 18.6 Å². The second-order valence-electron chi connectivity index (χ2n) is 1.51. The molecule has 0 aliphatic carbocycles. The van der Waals surface area contributed by atoms with Crippen LogP contribution in [0.2, 0.25) is 5.02 Å². The number of nitrogens with zero attached hydrogens (tertiary/aromatic N) is 2. The zero-order valence-electron chi connectivity index (χ0n) is 4.56. The third-order valence-electron chi connectivity index (χ3n) is 0.879. The molecular weight excluding hydrogens is 229 g/mol. The van der Waals surface area contributed by atoms with E-state index in [1.807, 2.05) is 0 Å². The van der Waals surface area contributed by atoms with E-state index in [1.54, 1.807) is 0 Å². The molecule has 0 saturated heterocycles. The molecule has 0 fully saturated rings. The van der Waals surface area contributed by atoms with E-state index in [0.29, 0.717) is 4.68 Å². The Labute approximate surface area is 68.9 Å². The lowest BCUT2D eigenvalue weighted by molar-refractivity contribution is 0.0541. The quantitative estimate of drug-likeness (QED) is 0.726. The lowest BCUT2D eigenvalue weighted by Crippen LogP contribution is -1.99. The lowest BCUT2D eigenvalue weighted by Gasteiger charge is -1.98. The molecule has 0 saturated carbocycles. The number of halogens is 4. The van der Waals surface area contributed by atoms with Crippen molar-refractivity contribution in [2.75, 3.05) is 0 Å². The Balaban J connectivity index is 3.05. The van der Waals surface area contributed by atoms with Crippen molar-refractivity contribution in [2.24, 2.45) is 0 Å². The van der Waals surface area contributed by atoms with Crippen molar-refractivity contribution in [2.45, 2.75) is 6.55 Å². The first-order valence-electron chi connectivity index (χ1n) is 2.29. The SMILES string of the molecule is FC(F)n1ncc(Cl)c1Br. The molecule has 2 nitrogen and oxygen atoms in total. The van der Waals surface area contributed by atoms with E-state index in [1.165, 1.54) is 0 Å². The zero-order valence-corrected chi connectivity index (χ0v) is 6.90. The number of alkyl halides is 2. The van der Waals surface area contributed by atoms with E-state index in [2.05, 4.69) is 21.0 Å². The van der Waals surface area contributed by atoms with Gasteiger partial charge in [0.15, 0.2) is 0 Å². The maximum atomic E-state index is 11.9. The summed E-state index contributed by atoms with van der Waals surface area (Å²) in [6.07, 6.45) is 1.15. The summed E-state index contributed by atoms with van der Waals surface area (Å²) in [5.74, 6) is 0. The van der Waals surface area contributed by atoms with Gasteiger partial charge in [0.1, 0.15) is 4.60 Å². The summed E-state index contributed by atoms with van der Waals surface area (Å²) in [7, 11) is 0. The largest absolute Gasteiger partial charge is 0.334 e. The van der Waals surface area contributed by atoms with Crippen LogP contribution in [0.15, 0.2) is 10.8 Å². The summed E-state index contributed by atoms with van der Waals surface area (Å²) in [6, 6.07) is 0. The van der Waals surface area contributed by atoms with Gasteiger partial charge in [0.2, 0.25) is 0 Å². The van der Waals surface area contributed by atoms with Crippen molar-refractivity contribution in [1.82, 2.24) is 9.78 Å². The number of aromatic nitrogens is 2. The second kappa shape index (κ2) is 2.84. The summed E-state index contributed by atoms with van der Waals surface area (Å²) in [6.45, 7) is -2.65. The van der Waals surface area contributed by atoms with Gasteiger partial charge in [0, 0.05) is 0 Å². The van der Waals surface area contributed by atoms with Gasteiger partial charge in [0.25, 0.3) is 0 Å². The average Bonchev–Trinajstić information content (AvgIpc) is 2.14. The molecular formula is C4H2BrClF2N2. The van der Waals surface area contributed by atoms with Crippen LogP contribution in [-0.4, -0.2) is 9.78 Å². The van der Waals surface area contributed by atoms with Crippen LogP contribution in [0.1, 0.15) is 6.55 Å². The highest BCUT2D eigenvalue weighted by molar-refractivity contribution is 9.10. The standard InChI is InChI=1S/C4H2BrClF2N2/c5-3-2(6)1-9-10(3)4(7)8/h1,4H. The van der Waals surface area contributed by atoms with Crippen LogP contribution in [0.5, 0.6) is 0 Å². The van der Waals surface area contributed by atoms with Crippen LogP contribution in [0.25, 0.3) is 0 Å². The van der Waals surface area contributed by atoms with E-state index < -0.39 is 6.55 Å². The van der Waals surface area contributed by atoms with E-state index in [-0.39, 0.29) is 9.63 Å². The first-order chi connectivity index (χ1) is 4.63. The van der Waals surface area contributed by atoms with Gasteiger partial charge in [0.05, 0.1) is 11.2 Å². The minimum Gasteiger partial charge on any atom is -0.196 e. The molecule has 6 heteroatoms. The molecule has 0 bridgehead atoms. The molecule has 1 rings (SSSR count). The van der Waals surface area contributed by atoms with E-state index in [0.717, 1.165) is 6.20 Å². The predicted octanol–water partition coefficient (Wildman–Crippen LogP) is 2.69. The van der Waals surface area contributed by atoms with Gasteiger partial charge in [-0.15, -0.1) is 0 Å². The number of hydrogen-bond acceptors (Lipinski definition) is 1. The molecule has 0 unspecified atom stereocenters. The molecule has 1 aromatic rings. The van der Waals surface area contributed by atoms with Crippen LogP contribution in [-0.2, 0) is 0 Å². The molecule has 0 aliphatic heterocycles. The van der Waals surface area contributed by atoms with E-state index in [4.69, 9.17) is 11.6 Å². The normalized spacial score (nSPS) is 10.9. The smallest absolute Gasteiger partial charge is 0.196 e. The molecule has 0 N–H and O–H groups in total. The molecule has 0 spiro atoms. The monoisotopic (exact) mass is 230 g/mol. The molecule has 0 amide bonds. The Kier molecular flexibility index (Phi) is 2.25. The molecule has 0 atom stereocenters. The maximum absolute atomic E-state index is 11.9. The summed E-state index contributed by atoms with van der Waals surface area (Å²) in [5.41, 5.74) is 0. The fraction of sp³-hybridized carbons (Fsp3) is 0.250. The number of rotatable bonds is 1. The number of hydrogen-bond donors (Lipinski definition) is 0. The van der Waals surface area contributed by atoms with Gasteiger partial charge < -0.3 is 0 Å². The molecule has 0 aromatic carbocycles. The Morgan fingerprint density at radius 3 is 2.50 bits per heavy atom. The van der Waals surface area contributed by atoms with Gasteiger partial charge in [-0.3, -0.25) is 0 Å². The van der Waals surface area contributed by atoms with Gasteiger partial charge in [-0.25, -0.2) is 0 Å². The van der Waals surface area contributed by atoms with E-state index >= 15 is 0 Å². The van der Waals surface area contributed by atoms with Crippen LogP contribution in [0.4, 0.5) is 8.78 Å². The first kappa shape index (κ1) is 7.94. The summed E-state index contributed by atoms with van der Waals surface area (Å²) >= 11 is 8.25. The highest BCUT2D eigenvalue weighted by Crippen LogP contribution is 2.25. The fourth-order valence-electron chi connectivity index (χ4n) is 0.462. The Hall–Kier alpha value is -0.160. The van der Waals surface area contributed by atoms with Crippen LogP contribution < -0.4 is 0 Å². The minimum atomic E-state index is -2.65. The highest BCUT2D eigenvalue weighted by Gasteiger charge is 2.12. The van der Waals surface area contributed by atoms with E-state index in [9.17, 15) is 8.78 Å². The Bertz CT molecular complexity index is 237. The molecule has 1 aromatic heterocycles. The average molecular weight is 231 g/mol. The van der Waals surface area contributed by atoms with Crippen LogP contribution >= 0.6 is 27.5 Å². The summed E-state index contributed by atoms with van der Waals surface area (Å²) in [4.78, 5) is 0. The van der Waals surface area contributed by atoms with Crippen molar-refractivity contribution >= 4 is 27.5 Å². The van der Waals surface area contributed by atoms with Crippen molar-refractivity contribution in [3.05, 3.63) is 15.8 Å². The zero-order chi connectivity index (χ0) is 7.72.